The largest absolute Gasteiger partial charge is 0.348 e. The van der Waals surface area contributed by atoms with Gasteiger partial charge in [-0.15, -0.1) is 11.3 Å². The molecule has 148 valence electrons. The van der Waals surface area contributed by atoms with Crippen molar-refractivity contribution in [3.63, 3.8) is 0 Å². The molecule has 1 saturated heterocycles. The van der Waals surface area contributed by atoms with Crippen molar-refractivity contribution in [3.05, 3.63) is 45.4 Å². The average Bonchev–Trinajstić information content (AvgIpc) is 3.29. The number of ketones is 1. The zero-order chi connectivity index (χ0) is 20.6. The fourth-order valence-corrected chi connectivity index (χ4v) is 4.15. The van der Waals surface area contributed by atoms with E-state index in [0.717, 1.165) is 34.2 Å². The molecule has 28 heavy (non-hydrogen) atoms. The second-order valence-corrected chi connectivity index (χ2v) is 8.16. The SMILES string of the molecule is Cc1cc(C(=O)CN2C(=O)C(=O)N(C(C)C)C2=O)c(C)n1CCc1cccs1. The van der Waals surface area contributed by atoms with Gasteiger partial charge in [-0.25, -0.2) is 9.69 Å². The van der Waals surface area contributed by atoms with Crippen LogP contribution in [0.25, 0.3) is 0 Å². The molecular formula is C20H23N3O4S. The quantitative estimate of drug-likeness (QED) is 0.406. The van der Waals surface area contributed by atoms with E-state index in [2.05, 4.69) is 10.6 Å². The van der Waals surface area contributed by atoms with E-state index in [0.29, 0.717) is 5.56 Å². The highest BCUT2D eigenvalue weighted by atomic mass is 32.1. The smallest absolute Gasteiger partial charge is 0.334 e. The summed E-state index contributed by atoms with van der Waals surface area (Å²) < 4.78 is 2.06. The molecule has 3 rings (SSSR count). The Bertz CT molecular complexity index is 943. The Morgan fingerprint density at radius 2 is 1.86 bits per heavy atom. The standard InChI is InChI=1S/C20H23N3O4S/c1-12(2)23-19(26)18(25)22(20(23)27)11-17(24)16-10-13(3)21(14(16)4)8-7-15-6-5-9-28-15/h5-6,9-10,12H,7-8,11H2,1-4H3. The molecule has 2 aromatic heterocycles. The maximum absolute atomic E-state index is 12.8. The molecule has 0 radical (unpaired) electrons. The molecule has 0 atom stereocenters. The molecule has 0 bridgehead atoms. The number of imide groups is 2. The minimum Gasteiger partial charge on any atom is -0.348 e. The number of urea groups is 1. The van der Waals surface area contributed by atoms with Crippen LogP contribution in [0, 0.1) is 13.8 Å². The first-order chi connectivity index (χ1) is 13.2. The highest BCUT2D eigenvalue weighted by Gasteiger charge is 2.46. The van der Waals surface area contributed by atoms with E-state index in [9.17, 15) is 19.2 Å². The van der Waals surface area contributed by atoms with Gasteiger partial charge >= 0.3 is 17.8 Å². The lowest BCUT2D eigenvalue weighted by Crippen LogP contribution is -2.39. The summed E-state index contributed by atoms with van der Waals surface area (Å²) in [4.78, 5) is 52.2. The van der Waals surface area contributed by atoms with Gasteiger partial charge in [0.25, 0.3) is 0 Å². The van der Waals surface area contributed by atoms with Gasteiger partial charge in [-0.1, -0.05) is 6.07 Å². The molecule has 1 aliphatic heterocycles. The first-order valence-corrected chi connectivity index (χ1v) is 10.0. The Kier molecular flexibility index (Phi) is 5.51. The minimum absolute atomic E-state index is 0.351. The second kappa shape index (κ2) is 7.71. The number of aromatic nitrogens is 1. The van der Waals surface area contributed by atoms with E-state index < -0.39 is 30.4 Å². The van der Waals surface area contributed by atoms with Crippen LogP contribution in [-0.2, 0) is 22.6 Å². The van der Waals surface area contributed by atoms with Crippen molar-refractivity contribution in [1.29, 1.82) is 0 Å². The molecule has 0 unspecified atom stereocenters. The van der Waals surface area contributed by atoms with Gasteiger partial charge in [0, 0.05) is 34.4 Å². The topological polar surface area (TPSA) is 79.7 Å². The Morgan fingerprint density at radius 1 is 1.14 bits per heavy atom. The van der Waals surface area contributed by atoms with Gasteiger partial charge in [0.1, 0.15) is 0 Å². The molecule has 1 fully saturated rings. The highest BCUT2D eigenvalue weighted by molar-refractivity contribution is 7.09. The van der Waals surface area contributed by atoms with Crippen LogP contribution in [0.3, 0.4) is 0 Å². The Hall–Kier alpha value is -2.74. The lowest BCUT2D eigenvalue weighted by molar-refractivity contribution is -0.143. The second-order valence-electron chi connectivity index (χ2n) is 7.13. The van der Waals surface area contributed by atoms with Crippen molar-refractivity contribution in [1.82, 2.24) is 14.4 Å². The van der Waals surface area contributed by atoms with E-state index in [-0.39, 0.29) is 5.78 Å². The number of carbonyl (C=O) groups is 4. The third kappa shape index (κ3) is 3.52. The number of Topliss-reactive ketones (excluding diaryl/α,β-unsaturated/α-hetero) is 1. The number of carbonyl (C=O) groups excluding carboxylic acids is 4. The molecule has 0 aromatic carbocycles. The Balaban J connectivity index is 1.76. The highest BCUT2D eigenvalue weighted by Crippen LogP contribution is 2.20. The summed E-state index contributed by atoms with van der Waals surface area (Å²) in [5.41, 5.74) is 2.21. The van der Waals surface area contributed by atoms with Gasteiger partial charge in [-0.3, -0.25) is 19.3 Å². The first kappa shape index (κ1) is 20.0. The van der Waals surface area contributed by atoms with E-state index >= 15 is 0 Å². The van der Waals surface area contributed by atoms with E-state index in [1.165, 1.54) is 4.88 Å². The van der Waals surface area contributed by atoms with Crippen LogP contribution in [0.2, 0.25) is 0 Å². The predicted molar refractivity (Wildman–Crippen MR) is 105 cm³/mol. The monoisotopic (exact) mass is 401 g/mol. The molecule has 1 aliphatic rings. The van der Waals surface area contributed by atoms with Crippen molar-refractivity contribution in [2.24, 2.45) is 0 Å². The van der Waals surface area contributed by atoms with Gasteiger partial charge in [0.2, 0.25) is 0 Å². The fraction of sp³-hybridized carbons (Fsp3) is 0.400. The molecule has 4 amide bonds. The summed E-state index contributed by atoms with van der Waals surface area (Å²) in [5.74, 6) is -2.18. The summed E-state index contributed by atoms with van der Waals surface area (Å²) in [5, 5.41) is 2.03. The third-order valence-corrected chi connectivity index (χ3v) is 5.87. The number of amides is 4. The van der Waals surface area contributed by atoms with Gasteiger partial charge in [0.05, 0.1) is 6.54 Å². The normalized spacial score (nSPS) is 14.7. The molecule has 8 heteroatoms. The van der Waals surface area contributed by atoms with Crippen LogP contribution in [0.5, 0.6) is 0 Å². The van der Waals surface area contributed by atoms with E-state index in [1.807, 2.05) is 25.3 Å². The molecule has 7 nitrogen and oxygen atoms in total. The van der Waals surface area contributed by atoms with Crippen LogP contribution >= 0.6 is 11.3 Å². The maximum Gasteiger partial charge on any atom is 0.334 e. The number of hydrogen-bond donors (Lipinski definition) is 0. The molecule has 3 heterocycles. The van der Waals surface area contributed by atoms with Gasteiger partial charge in [-0.05, 0) is 51.6 Å². The van der Waals surface area contributed by atoms with E-state index in [1.54, 1.807) is 31.3 Å². The summed E-state index contributed by atoms with van der Waals surface area (Å²) in [6.07, 6.45) is 0.864. The molecular weight excluding hydrogens is 378 g/mol. The van der Waals surface area contributed by atoms with Crippen molar-refractivity contribution in [3.8, 4) is 0 Å². The number of aryl methyl sites for hydroxylation is 2. The van der Waals surface area contributed by atoms with Crippen LogP contribution in [0.1, 0.15) is 40.5 Å². The molecule has 0 aliphatic carbocycles. The summed E-state index contributed by atoms with van der Waals surface area (Å²) >= 11 is 1.69. The molecule has 0 N–H and O–H groups in total. The van der Waals surface area contributed by atoms with Crippen LogP contribution in [-0.4, -0.2) is 50.6 Å². The minimum atomic E-state index is -0.946. The van der Waals surface area contributed by atoms with Gasteiger partial charge in [0.15, 0.2) is 5.78 Å². The zero-order valence-electron chi connectivity index (χ0n) is 16.4. The zero-order valence-corrected chi connectivity index (χ0v) is 17.2. The number of nitrogens with zero attached hydrogens (tertiary/aromatic N) is 3. The predicted octanol–water partition coefficient (Wildman–Crippen LogP) is 2.79. The Morgan fingerprint density at radius 3 is 2.43 bits per heavy atom. The van der Waals surface area contributed by atoms with Crippen molar-refractivity contribution in [2.45, 2.75) is 46.7 Å². The maximum atomic E-state index is 12.8. The van der Waals surface area contributed by atoms with Crippen molar-refractivity contribution < 1.29 is 19.2 Å². The summed E-state index contributed by atoms with van der Waals surface area (Å²) in [6.45, 7) is 7.39. The average molecular weight is 401 g/mol. The number of thiophene rings is 1. The van der Waals surface area contributed by atoms with Crippen molar-refractivity contribution >= 4 is 35.0 Å². The summed E-state index contributed by atoms with van der Waals surface area (Å²) in [7, 11) is 0. The Labute approximate surface area is 167 Å². The lowest BCUT2D eigenvalue weighted by atomic mass is 10.1. The van der Waals surface area contributed by atoms with Gasteiger partial charge in [-0.2, -0.15) is 0 Å². The molecule has 0 saturated carbocycles. The van der Waals surface area contributed by atoms with E-state index in [4.69, 9.17) is 0 Å². The van der Waals surface area contributed by atoms with Gasteiger partial charge < -0.3 is 4.57 Å². The van der Waals surface area contributed by atoms with Crippen LogP contribution < -0.4 is 0 Å². The third-order valence-electron chi connectivity index (χ3n) is 4.94. The fourth-order valence-electron chi connectivity index (χ4n) is 3.45. The molecule has 0 spiro atoms. The van der Waals surface area contributed by atoms with Crippen LogP contribution in [0.4, 0.5) is 4.79 Å². The number of rotatable bonds is 7. The van der Waals surface area contributed by atoms with Crippen molar-refractivity contribution in [2.75, 3.05) is 6.54 Å². The number of hydrogen-bond acceptors (Lipinski definition) is 5. The summed E-state index contributed by atoms with van der Waals surface area (Å²) in [6, 6.07) is 4.69. The van der Waals surface area contributed by atoms with Crippen LogP contribution in [0.15, 0.2) is 23.6 Å². The first-order valence-electron chi connectivity index (χ1n) is 9.13. The molecule has 2 aromatic rings. The lowest BCUT2D eigenvalue weighted by Gasteiger charge is -2.18.